The van der Waals surface area contributed by atoms with Crippen LogP contribution in [0.15, 0.2) is 28.8 Å². The lowest BCUT2D eigenvalue weighted by atomic mass is 10.0. The molecule has 1 N–H and O–H groups in total. The zero-order valence-electron chi connectivity index (χ0n) is 12.5. The molecule has 21 heavy (non-hydrogen) atoms. The lowest BCUT2D eigenvalue weighted by molar-refractivity contribution is 0.168. The van der Waals surface area contributed by atoms with Crippen LogP contribution in [0, 0.1) is 0 Å². The molecule has 5 nitrogen and oxygen atoms in total. The summed E-state index contributed by atoms with van der Waals surface area (Å²) in [6.45, 7) is 5.56. The van der Waals surface area contributed by atoms with E-state index >= 15 is 0 Å². The molecule has 2 aromatic rings. The summed E-state index contributed by atoms with van der Waals surface area (Å²) in [5, 5.41) is 14.2. The number of aliphatic hydroxyl groups is 1. The number of hydrogen-bond acceptors (Lipinski definition) is 5. The Bertz CT molecular complexity index is 609. The number of aliphatic hydroxyl groups excluding tert-OH is 1. The van der Waals surface area contributed by atoms with Crippen LogP contribution in [0.25, 0.3) is 0 Å². The van der Waals surface area contributed by atoms with Gasteiger partial charge in [-0.25, -0.2) is 0 Å². The molecule has 2 heterocycles. The Labute approximate surface area is 124 Å². The second kappa shape index (κ2) is 5.85. The highest BCUT2D eigenvalue weighted by atomic mass is 16.5. The maximum absolute atomic E-state index is 10.2. The van der Waals surface area contributed by atoms with E-state index in [9.17, 15) is 5.11 Å². The van der Waals surface area contributed by atoms with Crippen molar-refractivity contribution in [2.75, 3.05) is 11.4 Å². The van der Waals surface area contributed by atoms with Crippen LogP contribution in [-0.2, 0) is 6.54 Å². The first-order chi connectivity index (χ1) is 10.1. The summed E-state index contributed by atoms with van der Waals surface area (Å²) < 4.78 is 5.35. The average Bonchev–Trinajstić information content (AvgIpc) is 2.89. The zero-order valence-corrected chi connectivity index (χ0v) is 12.5. The van der Waals surface area contributed by atoms with E-state index in [0.29, 0.717) is 12.4 Å². The molecule has 1 aromatic carbocycles. The molecule has 0 fully saturated rings. The van der Waals surface area contributed by atoms with E-state index in [1.165, 1.54) is 0 Å². The maximum atomic E-state index is 10.2. The monoisotopic (exact) mass is 287 g/mol. The summed E-state index contributed by atoms with van der Waals surface area (Å²) >= 11 is 0. The summed E-state index contributed by atoms with van der Waals surface area (Å²) in [6, 6.07) is 8.00. The van der Waals surface area contributed by atoms with Gasteiger partial charge in [0.05, 0.1) is 12.6 Å². The van der Waals surface area contributed by atoms with Crippen molar-refractivity contribution in [2.45, 2.75) is 45.3 Å². The summed E-state index contributed by atoms with van der Waals surface area (Å²) in [6.07, 6.45) is 1.34. The Hall–Kier alpha value is -1.88. The molecular formula is C16H21N3O2. The Balaban J connectivity index is 1.85. The lowest BCUT2D eigenvalue weighted by Gasteiger charge is -2.23. The summed E-state index contributed by atoms with van der Waals surface area (Å²) in [5.41, 5.74) is 2.05. The third-order valence-electron chi connectivity index (χ3n) is 3.87. The van der Waals surface area contributed by atoms with Crippen LogP contribution in [0.1, 0.15) is 56.0 Å². The van der Waals surface area contributed by atoms with Crippen molar-refractivity contribution in [1.82, 2.24) is 10.1 Å². The smallest absolute Gasteiger partial charge is 0.246 e. The number of para-hydroxylation sites is 1. The van der Waals surface area contributed by atoms with Crippen LogP contribution in [0.2, 0.25) is 0 Å². The fourth-order valence-corrected chi connectivity index (χ4v) is 2.70. The van der Waals surface area contributed by atoms with Gasteiger partial charge in [0.15, 0.2) is 5.82 Å². The van der Waals surface area contributed by atoms with Crippen molar-refractivity contribution in [2.24, 2.45) is 0 Å². The molecule has 0 radical (unpaired) electrons. The van der Waals surface area contributed by atoms with Gasteiger partial charge in [-0.1, -0.05) is 37.2 Å². The van der Waals surface area contributed by atoms with Gasteiger partial charge in [-0.05, 0) is 18.9 Å². The van der Waals surface area contributed by atoms with Gasteiger partial charge in [0.2, 0.25) is 5.89 Å². The normalized spacial score (nSPS) is 18.7. The molecule has 1 aromatic heterocycles. The van der Waals surface area contributed by atoms with Gasteiger partial charge in [-0.15, -0.1) is 0 Å². The van der Waals surface area contributed by atoms with E-state index in [0.717, 1.165) is 36.5 Å². The van der Waals surface area contributed by atoms with Crippen LogP contribution in [0.5, 0.6) is 0 Å². The predicted molar refractivity (Wildman–Crippen MR) is 80.1 cm³/mol. The molecule has 0 saturated carbocycles. The van der Waals surface area contributed by atoms with Crippen LogP contribution in [0.4, 0.5) is 5.69 Å². The van der Waals surface area contributed by atoms with Crippen molar-refractivity contribution >= 4 is 5.69 Å². The maximum Gasteiger partial charge on any atom is 0.246 e. The Kier molecular flexibility index (Phi) is 3.92. The highest BCUT2D eigenvalue weighted by Gasteiger charge is 2.22. The van der Waals surface area contributed by atoms with Gasteiger partial charge in [0.1, 0.15) is 0 Å². The number of hydrogen-bond donors (Lipinski definition) is 1. The molecule has 1 unspecified atom stereocenters. The second-order valence-electron chi connectivity index (χ2n) is 5.84. The van der Waals surface area contributed by atoms with Gasteiger partial charge >= 0.3 is 0 Å². The molecule has 3 rings (SSSR count). The fourth-order valence-electron chi connectivity index (χ4n) is 2.70. The molecule has 0 spiro atoms. The Morgan fingerprint density at radius 1 is 1.38 bits per heavy atom. The molecule has 0 bridgehead atoms. The molecule has 0 aliphatic carbocycles. The first-order valence-corrected chi connectivity index (χ1v) is 7.49. The minimum atomic E-state index is -0.389. The van der Waals surface area contributed by atoms with Crippen LogP contribution >= 0.6 is 0 Å². The number of benzene rings is 1. The lowest BCUT2D eigenvalue weighted by Crippen LogP contribution is -2.23. The first kappa shape index (κ1) is 14.1. The van der Waals surface area contributed by atoms with E-state index < -0.39 is 0 Å². The van der Waals surface area contributed by atoms with Crippen molar-refractivity contribution < 1.29 is 9.63 Å². The van der Waals surface area contributed by atoms with Gasteiger partial charge < -0.3 is 14.5 Å². The molecule has 0 saturated heterocycles. The minimum Gasteiger partial charge on any atom is -0.388 e. The van der Waals surface area contributed by atoms with E-state index in [4.69, 9.17) is 4.52 Å². The summed E-state index contributed by atoms with van der Waals surface area (Å²) in [5.74, 6) is 1.64. The number of rotatable bonds is 3. The largest absolute Gasteiger partial charge is 0.388 e. The van der Waals surface area contributed by atoms with Crippen molar-refractivity contribution in [3.8, 4) is 0 Å². The molecule has 5 heteroatoms. The van der Waals surface area contributed by atoms with E-state index in [1.54, 1.807) is 0 Å². The standard InChI is InChI=1S/C16H21N3O2/c1-11(2)16-17-15(21-18-16)10-19-9-5-8-14(20)12-6-3-4-7-13(12)19/h3-4,6-7,11,14,20H,5,8-10H2,1-2H3. The van der Waals surface area contributed by atoms with Crippen molar-refractivity contribution in [1.29, 1.82) is 0 Å². The minimum absolute atomic E-state index is 0.265. The predicted octanol–water partition coefficient (Wildman–Crippen LogP) is 3.03. The van der Waals surface area contributed by atoms with Gasteiger partial charge in [-0.3, -0.25) is 0 Å². The quantitative estimate of drug-likeness (QED) is 0.940. The van der Waals surface area contributed by atoms with Crippen LogP contribution < -0.4 is 4.90 Å². The SMILES string of the molecule is CC(C)c1noc(CN2CCCC(O)c3ccccc32)n1. The van der Waals surface area contributed by atoms with Crippen LogP contribution in [-0.4, -0.2) is 21.8 Å². The zero-order chi connectivity index (χ0) is 14.8. The summed E-state index contributed by atoms with van der Waals surface area (Å²) in [7, 11) is 0. The molecule has 1 aliphatic rings. The first-order valence-electron chi connectivity index (χ1n) is 7.49. The van der Waals surface area contributed by atoms with Gasteiger partial charge in [0.25, 0.3) is 0 Å². The third-order valence-corrected chi connectivity index (χ3v) is 3.87. The average molecular weight is 287 g/mol. The molecular weight excluding hydrogens is 266 g/mol. The van der Waals surface area contributed by atoms with E-state index in [-0.39, 0.29) is 12.0 Å². The Morgan fingerprint density at radius 3 is 2.95 bits per heavy atom. The van der Waals surface area contributed by atoms with Crippen molar-refractivity contribution in [3.63, 3.8) is 0 Å². The molecule has 1 aliphatic heterocycles. The number of aromatic nitrogens is 2. The highest BCUT2D eigenvalue weighted by Crippen LogP contribution is 2.33. The van der Waals surface area contributed by atoms with Gasteiger partial charge in [-0.2, -0.15) is 4.98 Å². The van der Waals surface area contributed by atoms with Crippen molar-refractivity contribution in [3.05, 3.63) is 41.5 Å². The summed E-state index contributed by atoms with van der Waals surface area (Å²) in [4.78, 5) is 6.66. The fraction of sp³-hybridized carbons (Fsp3) is 0.500. The molecule has 1 atom stereocenters. The van der Waals surface area contributed by atoms with E-state index in [2.05, 4.69) is 15.0 Å². The van der Waals surface area contributed by atoms with E-state index in [1.807, 2.05) is 38.1 Å². The van der Waals surface area contributed by atoms with Gasteiger partial charge in [0, 0.05) is 23.7 Å². The number of nitrogens with zero attached hydrogens (tertiary/aromatic N) is 3. The topological polar surface area (TPSA) is 62.4 Å². The number of anilines is 1. The third kappa shape index (κ3) is 2.93. The Morgan fingerprint density at radius 2 is 2.19 bits per heavy atom. The number of fused-ring (bicyclic) bond motifs is 1. The molecule has 112 valence electrons. The van der Waals surface area contributed by atoms with Crippen LogP contribution in [0.3, 0.4) is 0 Å². The second-order valence-corrected chi connectivity index (χ2v) is 5.84. The molecule has 0 amide bonds. The highest BCUT2D eigenvalue weighted by molar-refractivity contribution is 5.55.